The second-order valence-corrected chi connectivity index (χ2v) is 11.5. The van der Waals surface area contributed by atoms with Gasteiger partial charge in [0.1, 0.15) is 17.6 Å². The smallest absolute Gasteiger partial charge is 0.308 e. The fraction of sp³-hybridized carbons (Fsp3) is 0.179. The molecule has 0 saturated carbocycles. The van der Waals surface area contributed by atoms with Gasteiger partial charge < -0.3 is 5.32 Å². The van der Waals surface area contributed by atoms with E-state index >= 15 is 0 Å². The van der Waals surface area contributed by atoms with E-state index < -0.39 is 34.7 Å². The summed E-state index contributed by atoms with van der Waals surface area (Å²) in [5, 5.41) is 2.46. The van der Waals surface area contributed by atoms with Crippen LogP contribution in [0.2, 0.25) is 0 Å². The third-order valence-electron chi connectivity index (χ3n) is 6.81. The summed E-state index contributed by atoms with van der Waals surface area (Å²) < 4.78 is 14.9. The van der Waals surface area contributed by atoms with Gasteiger partial charge in [-0.25, -0.2) is 9.29 Å². The van der Waals surface area contributed by atoms with Crippen molar-refractivity contribution in [2.75, 3.05) is 10.2 Å². The van der Waals surface area contributed by atoms with Gasteiger partial charge in [-0.1, -0.05) is 46.9 Å². The van der Waals surface area contributed by atoms with Gasteiger partial charge in [-0.15, -0.1) is 0 Å². The number of hydrogen-bond donors (Lipinski definition) is 1. The van der Waals surface area contributed by atoms with Crippen molar-refractivity contribution in [3.05, 3.63) is 105 Å². The zero-order valence-corrected chi connectivity index (χ0v) is 22.2. The molecule has 1 saturated heterocycles. The van der Waals surface area contributed by atoms with Crippen molar-refractivity contribution in [1.29, 1.82) is 0 Å². The molecule has 4 aromatic rings. The molecule has 196 valence electrons. The van der Waals surface area contributed by atoms with Crippen LogP contribution in [0, 0.1) is 18.7 Å². The number of nitrogens with zero attached hydrogens (tertiary/aromatic N) is 3. The Balaban J connectivity index is 1.39. The van der Waals surface area contributed by atoms with E-state index in [1.54, 1.807) is 30.6 Å². The number of rotatable bonds is 5. The molecule has 2 aromatic heterocycles. The van der Waals surface area contributed by atoms with Crippen LogP contribution in [0.3, 0.4) is 0 Å². The minimum Gasteiger partial charge on any atom is -0.325 e. The molecule has 6 rings (SSSR count). The largest absolute Gasteiger partial charge is 0.325 e. The first-order valence-corrected chi connectivity index (χ1v) is 13.8. The minimum absolute atomic E-state index is 0.244. The van der Waals surface area contributed by atoms with Gasteiger partial charge in [0.05, 0.1) is 16.6 Å². The molecule has 11 heteroatoms. The zero-order chi connectivity index (χ0) is 27.3. The van der Waals surface area contributed by atoms with Gasteiger partial charge in [-0.05, 0) is 55.0 Å². The Morgan fingerprint density at radius 3 is 2.46 bits per heavy atom. The number of imide groups is 1. The first kappa shape index (κ1) is 25.2. The number of halogens is 1. The lowest BCUT2D eigenvalue weighted by Crippen LogP contribution is -2.33. The molecule has 0 radical (unpaired) electrons. The molecule has 2 unspecified atom stereocenters. The maximum absolute atomic E-state index is 13.8. The van der Waals surface area contributed by atoms with Crippen molar-refractivity contribution in [1.82, 2.24) is 9.55 Å². The molecule has 2 aromatic carbocycles. The highest BCUT2D eigenvalue weighted by Gasteiger charge is 2.56. The second kappa shape index (κ2) is 9.90. The molecule has 2 aliphatic heterocycles. The maximum atomic E-state index is 13.8. The zero-order valence-electron chi connectivity index (χ0n) is 20.5. The molecule has 0 bridgehead atoms. The second-order valence-electron chi connectivity index (χ2n) is 9.35. The van der Waals surface area contributed by atoms with Gasteiger partial charge >= 0.3 is 4.87 Å². The Labute approximate surface area is 230 Å². The lowest BCUT2D eigenvalue weighted by molar-refractivity contribution is -0.122. The minimum atomic E-state index is -0.833. The van der Waals surface area contributed by atoms with Crippen molar-refractivity contribution in [2.45, 2.75) is 29.7 Å². The Bertz CT molecular complexity index is 1650. The summed E-state index contributed by atoms with van der Waals surface area (Å²) in [6, 6.07) is 16.0. The van der Waals surface area contributed by atoms with E-state index in [1.165, 1.54) is 28.8 Å². The van der Waals surface area contributed by atoms with E-state index in [-0.39, 0.29) is 23.0 Å². The summed E-state index contributed by atoms with van der Waals surface area (Å²) in [5.41, 5.74) is 2.63. The molecular formula is C28H21FN4O4S2. The van der Waals surface area contributed by atoms with Gasteiger partial charge in [-0.2, -0.15) is 0 Å². The molecule has 8 nitrogen and oxygen atoms in total. The highest BCUT2D eigenvalue weighted by Crippen LogP contribution is 2.53. The van der Waals surface area contributed by atoms with E-state index in [2.05, 4.69) is 10.3 Å². The van der Waals surface area contributed by atoms with Crippen molar-refractivity contribution >= 4 is 52.2 Å². The number of benzene rings is 2. The van der Waals surface area contributed by atoms with E-state index in [4.69, 9.17) is 0 Å². The summed E-state index contributed by atoms with van der Waals surface area (Å²) >= 11 is 2.09. The first-order chi connectivity index (χ1) is 18.8. The molecule has 39 heavy (non-hydrogen) atoms. The number of pyridine rings is 1. The number of thioether (sulfide) groups is 1. The van der Waals surface area contributed by atoms with Crippen molar-refractivity contribution in [3.63, 3.8) is 0 Å². The third-order valence-corrected chi connectivity index (χ3v) is 9.42. The molecular weight excluding hydrogens is 539 g/mol. The maximum Gasteiger partial charge on any atom is 0.308 e. The van der Waals surface area contributed by atoms with Gasteiger partial charge in [0.15, 0.2) is 0 Å². The van der Waals surface area contributed by atoms with Crippen molar-refractivity contribution in [2.24, 2.45) is 5.92 Å². The predicted octanol–water partition coefficient (Wildman–Crippen LogP) is 4.19. The highest BCUT2D eigenvalue weighted by atomic mass is 32.2. The lowest BCUT2D eigenvalue weighted by atomic mass is 9.84. The summed E-state index contributed by atoms with van der Waals surface area (Å²) in [6.07, 6.45) is 3.23. The van der Waals surface area contributed by atoms with Gasteiger partial charge in [0.25, 0.3) is 0 Å². The summed E-state index contributed by atoms with van der Waals surface area (Å²) in [5.74, 6) is -3.14. The Hall–Kier alpha value is -4.09. The molecule has 4 heterocycles. The number of carbonyl (C=O) groups excluding carboxylic acids is 3. The average Bonchev–Trinajstić information content (AvgIpc) is 3.37. The van der Waals surface area contributed by atoms with E-state index in [0.29, 0.717) is 21.2 Å². The van der Waals surface area contributed by atoms with E-state index in [0.717, 1.165) is 33.6 Å². The molecule has 0 spiro atoms. The van der Waals surface area contributed by atoms with Crippen LogP contribution in [-0.4, -0.2) is 32.5 Å². The van der Waals surface area contributed by atoms with Crippen LogP contribution < -0.4 is 15.1 Å². The van der Waals surface area contributed by atoms with E-state index in [1.807, 2.05) is 25.1 Å². The highest BCUT2D eigenvalue weighted by molar-refractivity contribution is 8.00. The first-order valence-electron chi connectivity index (χ1n) is 12.1. The van der Waals surface area contributed by atoms with Gasteiger partial charge in [-0.3, -0.25) is 28.7 Å². The van der Waals surface area contributed by atoms with Crippen LogP contribution in [0.4, 0.5) is 15.8 Å². The number of thiazole rings is 1. The molecule has 2 aliphatic rings. The number of anilines is 2. The summed E-state index contributed by atoms with van der Waals surface area (Å²) in [6.45, 7) is 1.70. The van der Waals surface area contributed by atoms with Gasteiger partial charge in [0, 0.05) is 28.9 Å². The number of aryl methyl sites for hydroxylation is 1. The number of aromatic nitrogens is 2. The molecule has 0 aliphatic carbocycles. The summed E-state index contributed by atoms with van der Waals surface area (Å²) in [4.78, 5) is 59.1. The topological polar surface area (TPSA) is 101 Å². The van der Waals surface area contributed by atoms with Crippen LogP contribution in [0.25, 0.3) is 0 Å². The number of amides is 3. The van der Waals surface area contributed by atoms with Crippen LogP contribution in [0.15, 0.2) is 82.9 Å². The number of fused-ring (bicyclic) bond motifs is 2. The van der Waals surface area contributed by atoms with Crippen LogP contribution >= 0.6 is 23.1 Å². The number of carbonyl (C=O) groups is 3. The number of nitrogens with one attached hydrogen (secondary N) is 1. The van der Waals surface area contributed by atoms with E-state index in [9.17, 15) is 23.6 Å². The fourth-order valence-electron chi connectivity index (χ4n) is 5.00. The van der Waals surface area contributed by atoms with Crippen molar-refractivity contribution in [3.8, 4) is 0 Å². The monoisotopic (exact) mass is 560 g/mol. The SMILES string of the molecule is Cc1ccc(NC(=O)Cn2c3c(sc2=O)[C@H](c2cccnc2)C2C(=O)N(c4ccc(F)cc4)C(=O)C2S3)cc1. The molecule has 1 N–H and O–H groups in total. The Morgan fingerprint density at radius 2 is 1.77 bits per heavy atom. The van der Waals surface area contributed by atoms with Crippen LogP contribution in [-0.2, 0) is 20.9 Å². The molecule has 3 amide bonds. The third kappa shape index (κ3) is 4.47. The lowest BCUT2D eigenvalue weighted by Gasteiger charge is -2.30. The number of hydrogen-bond acceptors (Lipinski definition) is 7. The normalized spacial score (nSPS) is 20.1. The van der Waals surface area contributed by atoms with Crippen LogP contribution in [0.5, 0.6) is 0 Å². The standard InChI is InChI=1S/C28H21FN4O4S2/c1-15-4-8-18(9-5-15)31-20(34)14-32-27-24(39-28(32)37)21(16-3-2-12-30-13-16)22-23(38-27)26(36)33(25(22)35)19-10-6-17(29)7-11-19/h2-13,21-23H,14H2,1H3,(H,31,34)/t21-,22?,23?/m1/s1. The molecule has 1 fully saturated rings. The van der Waals surface area contributed by atoms with Crippen LogP contribution in [0.1, 0.15) is 21.9 Å². The predicted molar refractivity (Wildman–Crippen MR) is 146 cm³/mol. The quantitative estimate of drug-likeness (QED) is 0.368. The Morgan fingerprint density at radius 1 is 1.03 bits per heavy atom. The van der Waals surface area contributed by atoms with Gasteiger partial charge in [0.2, 0.25) is 17.7 Å². The molecule has 3 atom stereocenters. The average molecular weight is 561 g/mol. The summed E-state index contributed by atoms with van der Waals surface area (Å²) in [7, 11) is 0. The fourth-order valence-corrected chi connectivity index (χ4v) is 7.77. The van der Waals surface area contributed by atoms with Crippen molar-refractivity contribution < 1.29 is 18.8 Å². The Kier molecular flexibility index (Phi) is 6.40.